The van der Waals surface area contributed by atoms with Gasteiger partial charge < -0.3 is 15.4 Å². The molecule has 4 nitrogen and oxygen atoms in total. The van der Waals surface area contributed by atoms with Gasteiger partial charge >= 0.3 is 6.03 Å². The number of carbonyl (C=O) groups is 1. The molecular formula is C12H15FN2O2. The Balaban J connectivity index is 2.64. The van der Waals surface area contributed by atoms with Crippen LogP contribution >= 0.6 is 0 Å². The average Bonchev–Trinajstić information content (AvgIpc) is 2.25. The number of halogens is 1. The van der Waals surface area contributed by atoms with Crippen LogP contribution in [-0.2, 0) is 0 Å². The van der Waals surface area contributed by atoms with E-state index in [1.807, 2.05) is 0 Å². The first kappa shape index (κ1) is 13.0. The van der Waals surface area contributed by atoms with Crippen LogP contribution in [0, 0.1) is 5.82 Å². The summed E-state index contributed by atoms with van der Waals surface area (Å²) < 4.78 is 18.0. The van der Waals surface area contributed by atoms with E-state index in [0.29, 0.717) is 18.0 Å². The van der Waals surface area contributed by atoms with Gasteiger partial charge in [-0.1, -0.05) is 12.2 Å². The van der Waals surface area contributed by atoms with Crippen molar-refractivity contribution in [3.8, 4) is 5.75 Å². The van der Waals surface area contributed by atoms with Gasteiger partial charge in [0, 0.05) is 24.4 Å². The smallest absolute Gasteiger partial charge is 0.319 e. The molecule has 0 spiro atoms. The maximum absolute atomic E-state index is 13.1. The molecule has 2 N–H and O–H groups in total. The highest BCUT2D eigenvalue weighted by Crippen LogP contribution is 2.19. The number of rotatable bonds is 4. The molecule has 0 bridgehead atoms. The first-order valence-electron chi connectivity index (χ1n) is 5.05. The SMILES string of the molecule is C=C(C)CNC(=O)Nc1cc(F)cc(OC)c1. The van der Waals surface area contributed by atoms with E-state index >= 15 is 0 Å². The van der Waals surface area contributed by atoms with E-state index in [4.69, 9.17) is 4.74 Å². The summed E-state index contributed by atoms with van der Waals surface area (Å²) in [6, 6.07) is 3.56. The van der Waals surface area contributed by atoms with Crippen molar-refractivity contribution in [3.63, 3.8) is 0 Å². The second-order valence-electron chi connectivity index (χ2n) is 3.64. The third kappa shape index (κ3) is 4.55. The molecule has 0 saturated heterocycles. The number of anilines is 1. The molecule has 0 unspecified atom stereocenters. The van der Waals surface area contributed by atoms with E-state index in [-0.39, 0.29) is 0 Å². The van der Waals surface area contributed by atoms with E-state index in [1.165, 1.54) is 25.3 Å². The Morgan fingerprint density at radius 1 is 1.47 bits per heavy atom. The predicted octanol–water partition coefficient (Wildman–Crippen LogP) is 2.53. The fraction of sp³-hybridized carbons (Fsp3) is 0.250. The van der Waals surface area contributed by atoms with Gasteiger partial charge in [0.15, 0.2) is 0 Å². The summed E-state index contributed by atoms with van der Waals surface area (Å²) in [4.78, 5) is 11.4. The molecular weight excluding hydrogens is 223 g/mol. The third-order valence-corrected chi connectivity index (χ3v) is 1.92. The monoisotopic (exact) mass is 238 g/mol. The van der Waals surface area contributed by atoms with Gasteiger partial charge in [0.2, 0.25) is 0 Å². The molecule has 0 heterocycles. The highest BCUT2D eigenvalue weighted by Gasteiger charge is 2.04. The quantitative estimate of drug-likeness (QED) is 0.792. The van der Waals surface area contributed by atoms with E-state index in [9.17, 15) is 9.18 Å². The van der Waals surface area contributed by atoms with Crippen LogP contribution in [0.3, 0.4) is 0 Å². The van der Waals surface area contributed by atoms with Crippen LogP contribution in [0.5, 0.6) is 5.75 Å². The van der Waals surface area contributed by atoms with Crippen LogP contribution in [0.4, 0.5) is 14.9 Å². The Hall–Kier alpha value is -2.04. The van der Waals surface area contributed by atoms with Gasteiger partial charge in [0.05, 0.1) is 7.11 Å². The predicted molar refractivity (Wildman–Crippen MR) is 64.8 cm³/mol. The standard InChI is InChI=1S/C12H15FN2O2/c1-8(2)7-14-12(16)15-10-4-9(13)5-11(6-10)17-3/h4-6H,1,7H2,2-3H3,(H2,14,15,16). The number of methoxy groups -OCH3 is 1. The molecule has 0 radical (unpaired) electrons. The number of ether oxygens (including phenoxy) is 1. The zero-order valence-electron chi connectivity index (χ0n) is 9.84. The molecule has 92 valence electrons. The number of urea groups is 1. The van der Waals surface area contributed by atoms with Gasteiger partial charge in [-0.2, -0.15) is 0 Å². The van der Waals surface area contributed by atoms with Gasteiger partial charge in [-0.15, -0.1) is 0 Å². The second kappa shape index (κ2) is 5.89. The summed E-state index contributed by atoms with van der Waals surface area (Å²) in [5.41, 5.74) is 1.16. The normalized spacial score (nSPS) is 9.59. The Labute approximate surface area is 99.5 Å². The van der Waals surface area contributed by atoms with Crippen LogP contribution in [0.15, 0.2) is 30.4 Å². The van der Waals surface area contributed by atoms with Crippen molar-refractivity contribution in [2.75, 3.05) is 19.0 Å². The third-order valence-electron chi connectivity index (χ3n) is 1.92. The van der Waals surface area contributed by atoms with Gasteiger partial charge in [0.1, 0.15) is 11.6 Å². The molecule has 0 aliphatic carbocycles. The maximum atomic E-state index is 13.1. The molecule has 2 amide bonds. The van der Waals surface area contributed by atoms with Gasteiger partial charge in [0.25, 0.3) is 0 Å². The molecule has 5 heteroatoms. The summed E-state index contributed by atoms with van der Waals surface area (Å²) in [5, 5.41) is 5.08. The first-order chi connectivity index (χ1) is 8.01. The molecule has 0 saturated carbocycles. The number of hydrogen-bond acceptors (Lipinski definition) is 2. The lowest BCUT2D eigenvalue weighted by atomic mass is 10.3. The minimum absolute atomic E-state index is 0.334. The minimum Gasteiger partial charge on any atom is -0.497 e. The maximum Gasteiger partial charge on any atom is 0.319 e. The van der Waals surface area contributed by atoms with E-state index < -0.39 is 11.8 Å². The number of amides is 2. The topological polar surface area (TPSA) is 50.4 Å². The Morgan fingerprint density at radius 2 is 2.18 bits per heavy atom. The largest absolute Gasteiger partial charge is 0.497 e. The van der Waals surface area contributed by atoms with Crippen molar-refractivity contribution in [2.45, 2.75) is 6.92 Å². The van der Waals surface area contributed by atoms with Crippen molar-refractivity contribution in [1.29, 1.82) is 0 Å². The number of nitrogens with one attached hydrogen (secondary N) is 2. The highest BCUT2D eigenvalue weighted by molar-refractivity contribution is 5.89. The molecule has 0 atom stereocenters. The van der Waals surface area contributed by atoms with Gasteiger partial charge in [-0.25, -0.2) is 9.18 Å². The van der Waals surface area contributed by atoms with Crippen molar-refractivity contribution in [1.82, 2.24) is 5.32 Å². The molecule has 1 aromatic rings. The van der Waals surface area contributed by atoms with Crippen molar-refractivity contribution < 1.29 is 13.9 Å². The number of carbonyl (C=O) groups excluding carboxylic acids is 1. The van der Waals surface area contributed by atoms with Crippen molar-refractivity contribution >= 4 is 11.7 Å². The van der Waals surface area contributed by atoms with Crippen LogP contribution in [0.1, 0.15) is 6.92 Å². The molecule has 0 aliphatic heterocycles. The molecule has 0 fully saturated rings. The molecule has 1 aromatic carbocycles. The lowest BCUT2D eigenvalue weighted by Gasteiger charge is -2.09. The highest BCUT2D eigenvalue weighted by atomic mass is 19.1. The van der Waals surface area contributed by atoms with E-state index in [2.05, 4.69) is 17.2 Å². The van der Waals surface area contributed by atoms with E-state index in [1.54, 1.807) is 6.92 Å². The molecule has 0 aromatic heterocycles. The lowest BCUT2D eigenvalue weighted by molar-refractivity contribution is 0.253. The van der Waals surface area contributed by atoms with Gasteiger partial charge in [-0.3, -0.25) is 0 Å². The lowest BCUT2D eigenvalue weighted by Crippen LogP contribution is -2.29. The fourth-order valence-electron chi connectivity index (χ4n) is 1.16. The number of benzene rings is 1. The number of hydrogen-bond donors (Lipinski definition) is 2. The Kier molecular flexibility index (Phi) is 4.51. The average molecular weight is 238 g/mol. The Morgan fingerprint density at radius 3 is 2.76 bits per heavy atom. The van der Waals surface area contributed by atoms with E-state index in [0.717, 1.165) is 5.57 Å². The summed E-state index contributed by atoms with van der Waals surface area (Å²) >= 11 is 0. The Bertz CT molecular complexity index is 433. The fourth-order valence-corrected chi connectivity index (χ4v) is 1.16. The van der Waals surface area contributed by atoms with Crippen LogP contribution < -0.4 is 15.4 Å². The summed E-state index contributed by atoms with van der Waals surface area (Å²) in [6.45, 7) is 5.82. The molecule has 17 heavy (non-hydrogen) atoms. The molecule has 1 rings (SSSR count). The van der Waals surface area contributed by atoms with Gasteiger partial charge in [-0.05, 0) is 13.0 Å². The summed E-state index contributed by atoms with van der Waals surface area (Å²) in [5.74, 6) is -0.125. The zero-order valence-corrected chi connectivity index (χ0v) is 9.84. The summed E-state index contributed by atoms with van der Waals surface area (Å²) in [6.07, 6.45) is 0. The van der Waals surface area contributed by atoms with Crippen LogP contribution in [0.25, 0.3) is 0 Å². The summed E-state index contributed by atoms with van der Waals surface area (Å²) in [7, 11) is 1.43. The van der Waals surface area contributed by atoms with Crippen LogP contribution in [-0.4, -0.2) is 19.7 Å². The first-order valence-corrected chi connectivity index (χ1v) is 5.05. The minimum atomic E-state index is -0.473. The van der Waals surface area contributed by atoms with Crippen LogP contribution in [0.2, 0.25) is 0 Å². The second-order valence-corrected chi connectivity index (χ2v) is 3.64. The van der Waals surface area contributed by atoms with Crippen molar-refractivity contribution in [3.05, 3.63) is 36.2 Å². The zero-order chi connectivity index (χ0) is 12.8. The molecule has 0 aliphatic rings. The van der Waals surface area contributed by atoms with Crippen molar-refractivity contribution in [2.24, 2.45) is 0 Å².